The summed E-state index contributed by atoms with van der Waals surface area (Å²) in [4.78, 5) is 8.02. The molecular weight excluding hydrogens is 346 g/mol. The lowest BCUT2D eigenvalue weighted by atomic mass is 10.00. The van der Waals surface area contributed by atoms with Crippen LogP contribution in [-0.2, 0) is 0 Å². The Kier molecular flexibility index (Phi) is 7.14. The number of hydrogen-bond donors (Lipinski definition) is 0. The molecule has 4 heteroatoms. The number of ether oxygens (including phenoxy) is 1. The molecule has 2 aliphatic heterocycles. The molecule has 0 amide bonds. The lowest BCUT2D eigenvalue weighted by Gasteiger charge is -2.44. The predicted molar refractivity (Wildman–Crippen MR) is 117 cm³/mol. The summed E-state index contributed by atoms with van der Waals surface area (Å²) in [7, 11) is 1.78. The van der Waals surface area contributed by atoms with E-state index in [9.17, 15) is 0 Å². The molecule has 2 saturated heterocycles. The van der Waals surface area contributed by atoms with E-state index in [0.29, 0.717) is 0 Å². The lowest BCUT2D eigenvalue weighted by molar-refractivity contribution is 0.0908. The minimum Gasteiger partial charge on any atom is -0.495 e. The number of likely N-dealkylation sites (tertiary alicyclic amines) is 1. The van der Waals surface area contributed by atoms with Gasteiger partial charge >= 0.3 is 0 Å². The van der Waals surface area contributed by atoms with Crippen molar-refractivity contribution in [2.45, 2.75) is 57.4 Å². The van der Waals surface area contributed by atoms with Gasteiger partial charge in [-0.3, -0.25) is 4.90 Å². The van der Waals surface area contributed by atoms with E-state index in [1.54, 1.807) is 7.11 Å². The van der Waals surface area contributed by atoms with E-state index in [1.165, 1.54) is 89.8 Å². The molecule has 0 unspecified atom stereocenters. The molecule has 0 bridgehead atoms. The number of anilines is 1. The summed E-state index contributed by atoms with van der Waals surface area (Å²) in [6, 6.07) is 9.21. The van der Waals surface area contributed by atoms with Crippen LogP contribution in [0.2, 0.25) is 0 Å². The highest BCUT2D eigenvalue weighted by Gasteiger charge is 2.28. The van der Waals surface area contributed by atoms with Crippen molar-refractivity contribution in [3.05, 3.63) is 24.3 Å². The highest BCUT2D eigenvalue weighted by Crippen LogP contribution is 2.30. The van der Waals surface area contributed by atoms with E-state index < -0.39 is 0 Å². The Morgan fingerprint density at radius 3 is 2.50 bits per heavy atom. The summed E-state index contributed by atoms with van der Waals surface area (Å²) in [5.74, 6) is 2.05. The quantitative estimate of drug-likeness (QED) is 0.698. The smallest absolute Gasteiger partial charge is 0.142 e. The highest BCUT2D eigenvalue weighted by molar-refractivity contribution is 5.58. The summed E-state index contributed by atoms with van der Waals surface area (Å²) < 4.78 is 5.57. The van der Waals surface area contributed by atoms with Gasteiger partial charge in [-0.05, 0) is 56.8 Å². The molecule has 0 spiro atoms. The number of para-hydroxylation sites is 2. The van der Waals surface area contributed by atoms with Crippen LogP contribution in [0.1, 0.15) is 51.4 Å². The van der Waals surface area contributed by atoms with Crippen LogP contribution in [0.25, 0.3) is 0 Å². The summed E-state index contributed by atoms with van der Waals surface area (Å²) >= 11 is 0. The molecule has 156 valence electrons. The van der Waals surface area contributed by atoms with Crippen molar-refractivity contribution >= 4 is 5.69 Å². The van der Waals surface area contributed by atoms with Crippen molar-refractivity contribution in [3.8, 4) is 5.75 Å². The van der Waals surface area contributed by atoms with Crippen LogP contribution >= 0.6 is 0 Å². The third kappa shape index (κ3) is 5.01. The molecule has 1 aromatic carbocycles. The second kappa shape index (κ2) is 9.98. The van der Waals surface area contributed by atoms with Crippen molar-refractivity contribution in [1.29, 1.82) is 0 Å². The van der Waals surface area contributed by atoms with Crippen LogP contribution in [0.15, 0.2) is 24.3 Å². The summed E-state index contributed by atoms with van der Waals surface area (Å²) in [5, 5.41) is 0. The molecule has 0 radical (unpaired) electrons. The molecule has 3 aliphatic rings. The molecule has 0 N–H and O–H groups in total. The second-order valence-corrected chi connectivity index (χ2v) is 9.08. The fourth-order valence-corrected chi connectivity index (χ4v) is 5.65. The van der Waals surface area contributed by atoms with Gasteiger partial charge in [-0.1, -0.05) is 37.8 Å². The SMILES string of the molecule is COc1ccccc1N1CCN([C@@H]2CCCN(CCCC3CCCC3)C2)CC1. The molecule has 4 rings (SSSR count). The number of nitrogens with zero attached hydrogens (tertiary/aromatic N) is 3. The molecule has 3 fully saturated rings. The number of hydrogen-bond acceptors (Lipinski definition) is 4. The van der Waals surface area contributed by atoms with Crippen LogP contribution < -0.4 is 9.64 Å². The maximum Gasteiger partial charge on any atom is 0.142 e. The van der Waals surface area contributed by atoms with Gasteiger partial charge in [0.2, 0.25) is 0 Å². The Morgan fingerprint density at radius 1 is 0.929 bits per heavy atom. The number of piperidine rings is 1. The third-order valence-corrected chi connectivity index (χ3v) is 7.30. The van der Waals surface area contributed by atoms with Crippen molar-refractivity contribution < 1.29 is 4.74 Å². The number of benzene rings is 1. The zero-order valence-electron chi connectivity index (χ0n) is 17.8. The van der Waals surface area contributed by atoms with E-state index in [4.69, 9.17) is 4.74 Å². The van der Waals surface area contributed by atoms with Gasteiger partial charge in [0, 0.05) is 38.8 Å². The van der Waals surface area contributed by atoms with Crippen LogP contribution in [0.5, 0.6) is 5.75 Å². The monoisotopic (exact) mass is 385 g/mol. The third-order valence-electron chi connectivity index (χ3n) is 7.30. The van der Waals surface area contributed by atoms with Gasteiger partial charge in [0.15, 0.2) is 0 Å². The molecule has 1 aliphatic carbocycles. The van der Waals surface area contributed by atoms with Crippen LogP contribution in [0.3, 0.4) is 0 Å². The fraction of sp³-hybridized carbons (Fsp3) is 0.750. The Hall–Kier alpha value is -1.26. The van der Waals surface area contributed by atoms with E-state index in [-0.39, 0.29) is 0 Å². The molecule has 1 saturated carbocycles. The van der Waals surface area contributed by atoms with E-state index in [1.807, 2.05) is 0 Å². The highest BCUT2D eigenvalue weighted by atomic mass is 16.5. The fourth-order valence-electron chi connectivity index (χ4n) is 5.65. The summed E-state index contributed by atoms with van der Waals surface area (Å²) in [6.07, 6.45) is 11.6. The van der Waals surface area contributed by atoms with Crippen LogP contribution in [0.4, 0.5) is 5.69 Å². The summed E-state index contributed by atoms with van der Waals surface area (Å²) in [6.45, 7) is 8.52. The molecule has 1 atom stereocenters. The van der Waals surface area contributed by atoms with Gasteiger partial charge in [-0.15, -0.1) is 0 Å². The normalized spacial score (nSPS) is 25.3. The van der Waals surface area contributed by atoms with E-state index in [2.05, 4.69) is 39.0 Å². The minimum absolute atomic E-state index is 0.764. The van der Waals surface area contributed by atoms with Gasteiger partial charge in [-0.25, -0.2) is 0 Å². The first-order valence-electron chi connectivity index (χ1n) is 11.7. The van der Waals surface area contributed by atoms with Gasteiger partial charge in [0.05, 0.1) is 12.8 Å². The zero-order valence-corrected chi connectivity index (χ0v) is 17.8. The first-order valence-corrected chi connectivity index (χ1v) is 11.7. The average molecular weight is 386 g/mol. The van der Waals surface area contributed by atoms with Crippen molar-refractivity contribution in [2.75, 3.05) is 57.8 Å². The Bertz CT molecular complexity index is 593. The molecule has 0 aromatic heterocycles. The topological polar surface area (TPSA) is 19.0 Å². The van der Waals surface area contributed by atoms with Gasteiger partial charge in [0.1, 0.15) is 5.75 Å². The largest absolute Gasteiger partial charge is 0.495 e. The van der Waals surface area contributed by atoms with Crippen molar-refractivity contribution in [2.24, 2.45) is 5.92 Å². The first-order chi connectivity index (χ1) is 13.8. The zero-order chi connectivity index (χ0) is 19.2. The standard InChI is InChI=1S/C24H39N3O/c1-28-24-13-5-4-12-23(24)27-18-16-26(17-19-27)22-11-7-15-25(20-22)14-6-10-21-8-2-3-9-21/h4-5,12-13,21-22H,2-3,6-11,14-20H2,1H3/t22-/m1/s1. The molecule has 2 heterocycles. The predicted octanol–water partition coefficient (Wildman–Crippen LogP) is 4.25. The maximum atomic E-state index is 5.57. The Morgan fingerprint density at radius 2 is 1.71 bits per heavy atom. The van der Waals surface area contributed by atoms with Crippen LogP contribution in [-0.4, -0.2) is 68.8 Å². The maximum absolute atomic E-state index is 5.57. The average Bonchev–Trinajstić information content (AvgIpc) is 3.28. The molecular formula is C24H39N3O. The Balaban J connectivity index is 1.22. The number of piperazine rings is 1. The lowest BCUT2D eigenvalue weighted by Crippen LogP contribution is -2.55. The minimum atomic E-state index is 0.764. The van der Waals surface area contributed by atoms with Gasteiger partial charge < -0.3 is 14.5 Å². The Labute approximate surface area is 171 Å². The van der Waals surface area contributed by atoms with Crippen molar-refractivity contribution in [1.82, 2.24) is 9.80 Å². The molecule has 4 nitrogen and oxygen atoms in total. The van der Waals surface area contributed by atoms with Crippen LogP contribution in [0, 0.1) is 5.92 Å². The van der Waals surface area contributed by atoms with E-state index in [0.717, 1.165) is 30.8 Å². The number of rotatable bonds is 7. The van der Waals surface area contributed by atoms with E-state index >= 15 is 0 Å². The van der Waals surface area contributed by atoms with Gasteiger partial charge in [0.25, 0.3) is 0 Å². The van der Waals surface area contributed by atoms with Crippen molar-refractivity contribution in [3.63, 3.8) is 0 Å². The first kappa shape index (κ1) is 20.0. The second-order valence-electron chi connectivity index (χ2n) is 9.08. The summed E-state index contributed by atoms with van der Waals surface area (Å²) in [5.41, 5.74) is 1.25. The molecule has 1 aromatic rings. The number of methoxy groups -OCH3 is 1. The molecule has 28 heavy (non-hydrogen) atoms. The van der Waals surface area contributed by atoms with Gasteiger partial charge in [-0.2, -0.15) is 0 Å².